The van der Waals surface area contributed by atoms with Crippen molar-refractivity contribution in [1.29, 1.82) is 0 Å². The van der Waals surface area contributed by atoms with E-state index in [1.807, 2.05) is 24.3 Å². The second-order valence-corrected chi connectivity index (χ2v) is 10.6. The molecule has 0 aliphatic rings. The zero-order valence-electron chi connectivity index (χ0n) is 22.3. The lowest BCUT2D eigenvalue weighted by molar-refractivity contribution is 0.0592. The summed E-state index contributed by atoms with van der Waals surface area (Å²) in [5, 5.41) is 21.9. The maximum absolute atomic E-state index is 13.5. The number of ether oxygens (including phenoxy) is 2. The lowest BCUT2D eigenvalue weighted by Crippen LogP contribution is -2.02. The first-order chi connectivity index (χ1) is 19.3. The SMILES string of the molecule is COC(=O)c1ccc(CCc2cccc(S(=O)c3cccc(CCc4ccc(C(=O)OC)cc4)c3O)c2O)cc1. The molecule has 7 nitrogen and oxygen atoms in total. The van der Waals surface area contributed by atoms with Crippen LogP contribution in [-0.4, -0.2) is 40.6 Å². The smallest absolute Gasteiger partial charge is 0.337 e. The van der Waals surface area contributed by atoms with E-state index in [1.165, 1.54) is 14.2 Å². The molecule has 0 saturated carbocycles. The quantitative estimate of drug-likeness (QED) is 0.251. The number of para-hydroxylation sites is 2. The maximum atomic E-state index is 13.5. The summed E-state index contributed by atoms with van der Waals surface area (Å²) in [5.41, 5.74) is 4.14. The molecule has 0 aromatic heterocycles. The number of esters is 2. The van der Waals surface area contributed by atoms with Crippen molar-refractivity contribution in [1.82, 2.24) is 0 Å². The van der Waals surface area contributed by atoms with E-state index in [4.69, 9.17) is 9.47 Å². The van der Waals surface area contributed by atoms with E-state index in [1.54, 1.807) is 60.7 Å². The van der Waals surface area contributed by atoms with Crippen molar-refractivity contribution in [2.75, 3.05) is 14.2 Å². The highest BCUT2D eigenvalue weighted by atomic mass is 32.2. The second kappa shape index (κ2) is 13.1. The van der Waals surface area contributed by atoms with Crippen molar-refractivity contribution >= 4 is 22.7 Å². The van der Waals surface area contributed by atoms with E-state index in [0.717, 1.165) is 11.1 Å². The molecular formula is C32H30O7S. The van der Waals surface area contributed by atoms with Crippen LogP contribution in [0.3, 0.4) is 0 Å². The van der Waals surface area contributed by atoms with Gasteiger partial charge in [0.05, 0.1) is 45.9 Å². The van der Waals surface area contributed by atoms with Gasteiger partial charge in [-0.15, -0.1) is 0 Å². The van der Waals surface area contributed by atoms with Gasteiger partial charge in [-0.3, -0.25) is 0 Å². The third-order valence-corrected chi connectivity index (χ3v) is 8.14. The Morgan fingerprint density at radius 1 is 0.600 bits per heavy atom. The van der Waals surface area contributed by atoms with E-state index in [2.05, 4.69) is 0 Å². The van der Waals surface area contributed by atoms with Gasteiger partial charge in [0.15, 0.2) is 0 Å². The fraction of sp³-hybridized carbons (Fsp3) is 0.188. The highest BCUT2D eigenvalue weighted by molar-refractivity contribution is 7.85. The maximum Gasteiger partial charge on any atom is 0.337 e. The van der Waals surface area contributed by atoms with E-state index < -0.39 is 22.7 Å². The topological polar surface area (TPSA) is 110 Å². The second-order valence-electron chi connectivity index (χ2n) is 9.17. The number of aromatic hydroxyl groups is 2. The Morgan fingerprint density at radius 3 is 1.32 bits per heavy atom. The van der Waals surface area contributed by atoms with Crippen LogP contribution in [-0.2, 0) is 46.0 Å². The number of methoxy groups -OCH3 is 2. The summed E-state index contributed by atoms with van der Waals surface area (Å²) < 4.78 is 23.0. The molecule has 0 atom stereocenters. The van der Waals surface area contributed by atoms with Crippen LogP contribution >= 0.6 is 0 Å². The van der Waals surface area contributed by atoms with Crippen LogP contribution in [0.15, 0.2) is 94.7 Å². The van der Waals surface area contributed by atoms with E-state index >= 15 is 0 Å². The lowest BCUT2D eigenvalue weighted by Gasteiger charge is -2.13. The molecule has 2 N–H and O–H groups in total. The van der Waals surface area contributed by atoms with Gasteiger partial charge in [-0.2, -0.15) is 0 Å². The van der Waals surface area contributed by atoms with Crippen LogP contribution in [0.2, 0.25) is 0 Å². The molecule has 0 unspecified atom stereocenters. The minimum absolute atomic E-state index is 0.0671. The molecule has 0 spiro atoms. The van der Waals surface area contributed by atoms with E-state index in [0.29, 0.717) is 47.9 Å². The van der Waals surface area contributed by atoms with Crippen molar-refractivity contribution in [2.24, 2.45) is 0 Å². The van der Waals surface area contributed by atoms with Gasteiger partial charge in [0, 0.05) is 0 Å². The molecule has 0 saturated heterocycles. The monoisotopic (exact) mass is 558 g/mol. The standard InChI is InChI=1S/C32H30O7S/c1-38-31(35)25-17-11-21(12-18-25)9-15-23-5-3-7-27(29(23)33)40(37)28-8-4-6-24(30(28)34)16-10-22-13-19-26(20-14-22)32(36)39-2/h3-8,11-14,17-20,33-34H,9-10,15-16H2,1-2H3. The number of hydrogen-bond donors (Lipinski definition) is 2. The van der Waals surface area contributed by atoms with Gasteiger partial charge in [0.2, 0.25) is 0 Å². The zero-order valence-corrected chi connectivity index (χ0v) is 23.1. The Bertz CT molecular complexity index is 1410. The minimum atomic E-state index is -1.81. The molecular weight excluding hydrogens is 528 g/mol. The van der Waals surface area contributed by atoms with Crippen LogP contribution in [0, 0.1) is 0 Å². The third kappa shape index (κ3) is 6.58. The number of benzene rings is 4. The molecule has 0 fully saturated rings. The molecule has 0 aliphatic heterocycles. The number of phenols is 2. The Kier molecular flexibility index (Phi) is 9.35. The van der Waals surface area contributed by atoms with Crippen molar-refractivity contribution < 1.29 is 33.5 Å². The number of rotatable bonds is 10. The van der Waals surface area contributed by atoms with E-state index in [-0.39, 0.29) is 21.3 Å². The summed E-state index contributed by atoms with van der Waals surface area (Å²) in [7, 11) is 0.860. The van der Waals surface area contributed by atoms with Crippen molar-refractivity contribution in [3.63, 3.8) is 0 Å². The zero-order chi connectivity index (χ0) is 28.6. The Hall–Kier alpha value is -4.43. The van der Waals surface area contributed by atoms with Gasteiger partial charge in [-0.25, -0.2) is 13.8 Å². The summed E-state index contributed by atoms with van der Waals surface area (Å²) in [6.45, 7) is 0. The summed E-state index contributed by atoms with van der Waals surface area (Å²) in [6, 6.07) is 24.3. The highest BCUT2D eigenvalue weighted by Gasteiger charge is 2.19. The van der Waals surface area contributed by atoms with Gasteiger partial charge >= 0.3 is 11.9 Å². The summed E-state index contributed by atoms with van der Waals surface area (Å²) in [6.07, 6.45) is 2.20. The van der Waals surface area contributed by atoms with Crippen LogP contribution < -0.4 is 0 Å². The molecule has 0 heterocycles. The van der Waals surface area contributed by atoms with Gasteiger partial charge < -0.3 is 19.7 Å². The lowest BCUT2D eigenvalue weighted by atomic mass is 10.0. The molecule has 4 aromatic carbocycles. The summed E-state index contributed by atoms with van der Waals surface area (Å²) in [4.78, 5) is 23.7. The molecule has 4 rings (SSSR count). The predicted octanol–water partition coefficient (Wildman–Crippen LogP) is 5.41. The number of phenolic OH excluding ortho intramolecular Hbond substituents is 2. The van der Waals surface area contributed by atoms with Crippen LogP contribution in [0.1, 0.15) is 43.0 Å². The molecule has 40 heavy (non-hydrogen) atoms. The van der Waals surface area contributed by atoms with Crippen LogP contribution in [0.5, 0.6) is 11.5 Å². The number of hydrogen-bond acceptors (Lipinski definition) is 7. The molecule has 0 radical (unpaired) electrons. The van der Waals surface area contributed by atoms with Crippen molar-refractivity contribution in [3.05, 3.63) is 118 Å². The molecule has 206 valence electrons. The van der Waals surface area contributed by atoms with Gasteiger partial charge in [0.25, 0.3) is 0 Å². The first-order valence-corrected chi connectivity index (χ1v) is 13.8. The summed E-state index contributed by atoms with van der Waals surface area (Å²) >= 11 is 0. The van der Waals surface area contributed by atoms with Crippen molar-refractivity contribution in [3.8, 4) is 11.5 Å². The number of carbonyl (C=O) groups excluding carboxylic acids is 2. The molecule has 8 heteroatoms. The average Bonchev–Trinajstić information content (AvgIpc) is 2.99. The van der Waals surface area contributed by atoms with Crippen molar-refractivity contribution in [2.45, 2.75) is 35.5 Å². The average molecular weight is 559 g/mol. The number of carbonyl (C=O) groups is 2. The Labute approximate surface area is 235 Å². The predicted molar refractivity (Wildman–Crippen MR) is 151 cm³/mol. The normalized spacial score (nSPS) is 10.9. The first kappa shape index (κ1) is 28.6. The van der Waals surface area contributed by atoms with E-state index in [9.17, 15) is 24.0 Å². The first-order valence-electron chi connectivity index (χ1n) is 12.7. The van der Waals surface area contributed by atoms with Gasteiger partial charge in [0.1, 0.15) is 11.5 Å². The number of aryl methyl sites for hydroxylation is 4. The fourth-order valence-electron chi connectivity index (χ4n) is 4.37. The van der Waals surface area contributed by atoms with Gasteiger partial charge in [-0.1, -0.05) is 48.5 Å². The molecule has 0 aliphatic carbocycles. The highest BCUT2D eigenvalue weighted by Crippen LogP contribution is 2.35. The molecule has 4 aromatic rings. The minimum Gasteiger partial charge on any atom is -0.506 e. The molecule has 0 bridgehead atoms. The third-order valence-electron chi connectivity index (χ3n) is 6.68. The Balaban J connectivity index is 1.46. The van der Waals surface area contributed by atoms with Crippen LogP contribution in [0.4, 0.5) is 0 Å². The summed E-state index contributed by atoms with van der Waals surface area (Å²) in [5.74, 6) is -0.938. The fourth-order valence-corrected chi connectivity index (χ4v) is 5.62. The Morgan fingerprint density at radius 2 is 0.975 bits per heavy atom. The largest absolute Gasteiger partial charge is 0.506 e. The van der Waals surface area contributed by atoms with Gasteiger partial charge in [-0.05, 0) is 84.3 Å². The molecule has 0 amide bonds. The van der Waals surface area contributed by atoms with Crippen LogP contribution in [0.25, 0.3) is 0 Å².